The predicted molar refractivity (Wildman–Crippen MR) is 76.8 cm³/mol. The third kappa shape index (κ3) is 3.72. The summed E-state index contributed by atoms with van der Waals surface area (Å²) in [7, 11) is 0. The van der Waals surface area contributed by atoms with Crippen LogP contribution in [0.4, 0.5) is 0 Å². The molecule has 1 aliphatic carbocycles. The molecular weight excluding hydrogens is 254 g/mol. The van der Waals surface area contributed by atoms with Crippen molar-refractivity contribution in [2.24, 2.45) is 5.92 Å². The largest absolute Gasteiger partial charge is 0.491 e. The summed E-state index contributed by atoms with van der Waals surface area (Å²) in [6, 6.07) is 9.99. The average Bonchev–Trinajstić information content (AvgIpc) is 3.22. The van der Waals surface area contributed by atoms with Gasteiger partial charge in [0.25, 0.3) is 0 Å². The summed E-state index contributed by atoms with van der Waals surface area (Å²) in [5.74, 6) is 1.54. The van der Waals surface area contributed by atoms with Crippen LogP contribution in [0.5, 0.6) is 5.75 Å². The molecule has 2 fully saturated rings. The fourth-order valence-corrected chi connectivity index (χ4v) is 2.77. The smallest absolute Gasteiger partial charge is 0.119 e. The van der Waals surface area contributed by atoms with Crippen LogP contribution < -0.4 is 10.1 Å². The zero-order valence-electron chi connectivity index (χ0n) is 11.7. The number of aliphatic hydroxyl groups is 1. The van der Waals surface area contributed by atoms with Crippen LogP contribution in [-0.4, -0.2) is 43.1 Å². The van der Waals surface area contributed by atoms with Crippen molar-refractivity contribution < 1.29 is 14.6 Å². The molecule has 0 spiro atoms. The SMILES string of the molecule is OC(CNC1CCOC1C1CC1)COc1ccccc1. The highest BCUT2D eigenvalue weighted by Crippen LogP contribution is 2.38. The summed E-state index contributed by atoms with van der Waals surface area (Å²) in [4.78, 5) is 0. The van der Waals surface area contributed by atoms with Gasteiger partial charge in [-0.2, -0.15) is 0 Å². The van der Waals surface area contributed by atoms with E-state index in [0.717, 1.165) is 24.7 Å². The lowest BCUT2D eigenvalue weighted by molar-refractivity contribution is 0.0706. The van der Waals surface area contributed by atoms with Crippen molar-refractivity contribution in [3.05, 3.63) is 30.3 Å². The summed E-state index contributed by atoms with van der Waals surface area (Å²) in [6.07, 6.45) is 3.51. The van der Waals surface area contributed by atoms with Gasteiger partial charge in [0.15, 0.2) is 0 Å². The van der Waals surface area contributed by atoms with Crippen LogP contribution in [0.3, 0.4) is 0 Å². The fourth-order valence-electron chi connectivity index (χ4n) is 2.77. The topological polar surface area (TPSA) is 50.7 Å². The van der Waals surface area contributed by atoms with Gasteiger partial charge < -0.3 is 19.9 Å². The van der Waals surface area contributed by atoms with E-state index >= 15 is 0 Å². The van der Waals surface area contributed by atoms with Gasteiger partial charge in [0.2, 0.25) is 0 Å². The summed E-state index contributed by atoms with van der Waals surface area (Å²) in [5, 5.41) is 13.4. The molecule has 110 valence electrons. The van der Waals surface area contributed by atoms with E-state index in [9.17, 15) is 5.11 Å². The first-order valence-electron chi connectivity index (χ1n) is 7.54. The van der Waals surface area contributed by atoms with Crippen LogP contribution in [0.1, 0.15) is 19.3 Å². The molecule has 3 unspecified atom stereocenters. The number of ether oxygens (including phenoxy) is 2. The molecule has 1 saturated heterocycles. The van der Waals surface area contributed by atoms with Gasteiger partial charge in [-0.05, 0) is 37.3 Å². The Morgan fingerprint density at radius 3 is 2.80 bits per heavy atom. The molecule has 4 nitrogen and oxygen atoms in total. The van der Waals surface area contributed by atoms with Crippen molar-refractivity contribution in [3.63, 3.8) is 0 Å². The van der Waals surface area contributed by atoms with Crippen LogP contribution in [0.25, 0.3) is 0 Å². The molecule has 2 N–H and O–H groups in total. The molecule has 0 bridgehead atoms. The highest BCUT2D eigenvalue weighted by molar-refractivity contribution is 5.20. The first-order valence-corrected chi connectivity index (χ1v) is 7.54. The summed E-state index contributed by atoms with van der Waals surface area (Å²) in [6.45, 7) is 1.72. The van der Waals surface area contributed by atoms with E-state index in [4.69, 9.17) is 9.47 Å². The Bertz CT molecular complexity index is 407. The van der Waals surface area contributed by atoms with Gasteiger partial charge in [-0.25, -0.2) is 0 Å². The third-order valence-corrected chi connectivity index (χ3v) is 4.02. The number of hydrogen-bond acceptors (Lipinski definition) is 4. The van der Waals surface area contributed by atoms with Crippen LogP contribution in [0.2, 0.25) is 0 Å². The standard InChI is InChI=1S/C16H23NO3/c18-13(11-20-14-4-2-1-3-5-14)10-17-15-8-9-19-16(15)12-6-7-12/h1-5,12-13,15-18H,6-11H2. The Kier molecular flexibility index (Phi) is 4.55. The number of aliphatic hydroxyl groups excluding tert-OH is 1. The lowest BCUT2D eigenvalue weighted by Gasteiger charge is -2.21. The first kappa shape index (κ1) is 13.9. The van der Waals surface area contributed by atoms with Gasteiger partial charge in [0.05, 0.1) is 6.10 Å². The van der Waals surface area contributed by atoms with Gasteiger partial charge in [-0.3, -0.25) is 0 Å². The minimum absolute atomic E-state index is 0.318. The monoisotopic (exact) mass is 277 g/mol. The van der Waals surface area contributed by atoms with Gasteiger partial charge in [0.1, 0.15) is 18.5 Å². The Morgan fingerprint density at radius 1 is 1.25 bits per heavy atom. The summed E-state index contributed by atoms with van der Waals surface area (Å²) < 4.78 is 11.3. The van der Waals surface area contributed by atoms with Crippen molar-refractivity contribution in [2.45, 2.75) is 37.5 Å². The summed E-state index contributed by atoms with van der Waals surface area (Å²) in [5.41, 5.74) is 0. The molecular formula is C16H23NO3. The Hall–Kier alpha value is -1.10. The number of hydrogen-bond donors (Lipinski definition) is 2. The minimum atomic E-state index is -0.490. The molecule has 1 aromatic carbocycles. The van der Waals surface area contributed by atoms with E-state index in [-0.39, 0.29) is 0 Å². The number of nitrogens with one attached hydrogen (secondary N) is 1. The van der Waals surface area contributed by atoms with E-state index in [1.54, 1.807) is 0 Å². The minimum Gasteiger partial charge on any atom is -0.491 e. The molecule has 1 saturated carbocycles. The number of benzene rings is 1. The van der Waals surface area contributed by atoms with E-state index in [2.05, 4.69) is 5.32 Å². The van der Waals surface area contributed by atoms with Crippen molar-refractivity contribution in [1.82, 2.24) is 5.32 Å². The second-order valence-electron chi connectivity index (χ2n) is 5.75. The van der Waals surface area contributed by atoms with Crippen molar-refractivity contribution in [1.29, 1.82) is 0 Å². The van der Waals surface area contributed by atoms with Crippen molar-refractivity contribution in [3.8, 4) is 5.75 Å². The lowest BCUT2D eigenvalue weighted by atomic mass is 10.1. The van der Waals surface area contributed by atoms with E-state index in [0.29, 0.717) is 25.3 Å². The highest BCUT2D eigenvalue weighted by Gasteiger charge is 2.40. The lowest BCUT2D eigenvalue weighted by Crippen LogP contribution is -2.42. The molecule has 3 atom stereocenters. The van der Waals surface area contributed by atoms with E-state index in [1.165, 1.54) is 12.8 Å². The van der Waals surface area contributed by atoms with Gasteiger partial charge in [-0.1, -0.05) is 18.2 Å². The molecule has 1 heterocycles. The predicted octanol–water partition coefficient (Wildman–Crippen LogP) is 1.58. The highest BCUT2D eigenvalue weighted by atomic mass is 16.5. The Balaban J connectivity index is 1.37. The van der Waals surface area contributed by atoms with Crippen LogP contribution in [0.15, 0.2) is 30.3 Å². The molecule has 3 rings (SSSR count). The zero-order chi connectivity index (χ0) is 13.8. The van der Waals surface area contributed by atoms with Crippen molar-refractivity contribution >= 4 is 0 Å². The molecule has 0 aromatic heterocycles. The molecule has 1 aromatic rings. The maximum absolute atomic E-state index is 9.98. The van der Waals surface area contributed by atoms with Crippen LogP contribution in [0, 0.1) is 5.92 Å². The second-order valence-corrected chi connectivity index (χ2v) is 5.75. The Morgan fingerprint density at radius 2 is 2.05 bits per heavy atom. The Labute approximate surface area is 120 Å². The summed E-state index contributed by atoms with van der Waals surface area (Å²) >= 11 is 0. The molecule has 0 amide bonds. The van der Waals surface area contributed by atoms with Crippen molar-refractivity contribution in [2.75, 3.05) is 19.8 Å². The van der Waals surface area contributed by atoms with Crippen LogP contribution in [-0.2, 0) is 4.74 Å². The van der Waals surface area contributed by atoms with Gasteiger partial charge >= 0.3 is 0 Å². The normalized spacial score (nSPS) is 27.4. The maximum Gasteiger partial charge on any atom is 0.119 e. The first-order chi connectivity index (χ1) is 9.83. The van der Waals surface area contributed by atoms with E-state index < -0.39 is 6.10 Å². The van der Waals surface area contributed by atoms with E-state index in [1.807, 2.05) is 30.3 Å². The second kappa shape index (κ2) is 6.57. The third-order valence-electron chi connectivity index (χ3n) is 4.02. The quantitative estimate of drug-likeness (QED) is 0.794. The van der Waals surface area contributed by atoms with Gasteiger partial charge in [0, 0.05) is 19.2 Å². The van der Waals surface area contributed by atoms with Gasteiger partial charge in [-0.15, -0.1) is 0 Å². The average molecular weight is 277 g/mol. The molecule has 2 aliphatic rings. The zero-order valence-corrected chi connectivity index (χ0v) is 11.7. The van der Waals surface area contributed by atoms with Crippen LogP contribution >= 0.6 is 0 Å². The molecule has 4 heteroatoms. The molecule has 1 aliphatic heterocycles. The number of rotatable bonds is 7. The molecule has 0 radical (unpaired) electrons. The maximum atomic E-state index is 9.98. The molecule has 20 heavy (non-hydrogen) atoms. The number of para-hydroxylation sites is 1. The fraction of sp³-hybridized carbons (Fsp3) is 0.625.